The summed E-state index contributed by atoms with van der Waals surface area (Å²) < 4.78 is 0. The van der Waals surface area contributed by atoms with Gasteiger partial charge in [-0.05, 0) is 43.5 Å². The minimum atomic E-state index is -0.764. The molecule has 1 saturated heterocycles. The molecule has 1 aliphatic heterocycles. The van der Waals surface area contributed by atoms with Gasteiger partial charge < -0.3 is 16.0 Å². The quantitative estimate of drug-likeness (QED) is 0.611. The van der Waals surface area contributed by atoms with Crippen LogP contribution in [-0.4, -0.2) is 47.3 Å². The van der Waals surface area contributed by atoms with Crippen LogP contribution in [0.5, 0.6) is 0 Å². The lowest BCUT2D eigenvalue weighted by molar-refractivity contribution is -0.132. The molecule has 0 aromatic heterocycles. The maximum Gasteiger partial charge on any atom is 0.325 e. The molecule has 0 unspecified atom stereocenters. The van der Waals surface area contributed by atoms with Gasteiger partial charge in [-0.3, -0.25) is 19.3 Å². The molecule has 8 heteroatoms. The molecule has 8 nitrogen and oxygen atoms in total. The molecule has 0 atom stereocenters. The number of carbonyl (C=O) groups is 4. The Kier molecular flexibility index (Phi) is 6.51. The van der Waals surface area contributed by atoms with Gasteiger partial charge in [-0.1, -0.05) is 26.2 Å². The first-order chi connectivity index (χ1) is 13.9. The first-order valence-corrected chi connectivity index (χ1v) is 10.3. The standard InChI is InChI=1S/C21H28N4O4/c1-2-13-22-18(27)15-6-8-16(9-7-15)23-17(26)10-14-25-19(28)21(24-20(25)29)11-4-3-5-12-21/h6-9H,2-5,10-14H2,1H3,(H,22,27)(H,23,26)(H,24,29). The maximum atomic E-state index is 12.7. The molecule has 3 rings (SSSR count). The molecule has 1 spiro atoms. The van der Waals surface area contributed by atoms with Gasteiger partial charge in [0, 0.05) is 30.8 Å². The van der Waals surface area contributed by atoms with E-state index in [4.69, 9.17) is 0 Å². The van der Waals surface area contributed by atoms with Gasteiger partial charge in [0.1, 0.15) is 5.54 Å². The number of anilines is 1. The maximum absolute atomic E-state index is 12.7. The van der Waals surface area contributed by atoms with Crippen LogP contribution >= 0.6 is 0 Å². The number of hydrogen-bond acceptors (Lipinski definition) is 4. The lowest BCUT2D eigenvalue weighted by Crippen LogP contribution is -2.48. The minimum absolute atomic E-state index is 0.0218. The lowest BCUT2D eigenvalue weighted by atomic mass is 9.82. The van der Waals surface area contributed by atoms with E-state index in [2.05, 4.69) is 16.0 Å². The Morgan fingerprint density at radius 2 is 1.79 bits per heavy atom. The molecule has 2 fully saturated rings. The van der Waals surface area contributed by atoms with Crippen molar-refractivity contribution >= 4 is 29.4 Å². The average Bonchev–Trinajstić information content (AvgIpc) is 2.94. The topological polar surface area (TPSA) is 108 Å². The predicted molar refractivity (Wildman–Crippen MR) is 108 cm³/mol. The summed E-state index contributed by atoms with van der Waals surface area (Å²) in [6.45, 7) is 2.64. The Bertz CT molecular complexity index is 784. The van der Waals surface area contributed by atoms with E-state index < -0.39 is 11.6 Å². The summed E-state index contributed by atoms with van der Waals surface area (Å²) in [7, 11) is 0. The van der Waals surface area contributed by atoms with Gasteiger partial charge in [-0.15, -0.1) is 0 Å². The average molecular weight is 400 g/mol. The lowest BCUT2D eigenvalue weighted by Gasteiger charge is -2.30. The van der Waals surface area contributed by atoms with E-state index in [1.54, 1.807) is 24.3 Å². The Hall–Kier alpha value is -2.90. The number of urea groups is 1. The summed E-state index contributed by atoms with van der Waals surface area (Å²) in [5.74, 6) is -0.657. The molecular weight excluding hydrogens is 372 g/mol. The van der Waals surface area contributed by atoms with Crippen LogP contribution in [0.3, 0.4) is 0 Å². The highest BCUT2D eigenvalue weighted by Gasteiger charge is 2.51. The molecule has 1 aromatic carbocycles. The van der Waals surface area contributed by atoms with Crippen LogP contribution in [0.4, 0.5) is 10.5 Å². The molecule has 1 saturated carbocycles. The van der Waals surface area contributed by atoms with Gasteiger partial charge in [0.15, 0.2) is 0 Å². The van der Waals surface area contributed by atoms with Crippen LogP contribution in [0.25, 0.3) is 0 Å². The van der Waals surface area contributed by atoms with Crippen molar-refractivity contribution < 1.29 is 19.2 Å². The Morgan fingerprint density at radius 3 is 2.45 bits per heavy atom. The zero-order valence-corrected chi connectivity index (χ0v) is 16.8. The van der Waals surface area contributed by atoms with E-state index in [-0.39, 0.29) is 30.7 Å². The molecule has 156 valence electrons. The molecule has 1 heterocycles. The Morgan fingerprint density at radius 1 is 1.10 bits per heavy atom. The van der Waals surface area contributed by atoms with Crippen LogP contribution in [0.2, 0.25) is 0 Å². The Balaban J connectivity index is 1.50. The number of amides is 5. The summed E-state index contributed by atoms with van der Waals surface area (Å²) in [6.07, 6.45) is 5.13. The zero-order chi connectivity index (χ0) is 20.9. The molecule has 29 heavy (non-hydrogen) atoms. The second kappa shape index (κ2) is 9.07. The fraction of sp³-hybridized carbons (Fsp3) is 0.524. The number of nitrogens with one attached hydrogen (secondary N) is 3. The minimum Gasteiger partial charge on any atom is -0.352 e. The molecular formula is C21H28N4O4. The van der Waals surface area contributed by atoms with Crippen LogP contribution in [0.1, 0.15) is 62.2 Å². The summed E-state index contributed by atoms with van der Waals surface area (Å²) in [4.78, 5) is 50.3. The van der Waals surface area contributed by atoms with Crippen molar-refractivity contribution in [3.05, 3.63) is 29.8 Å². The fourth-order valence-corrected chi connectivity index (χ4v) is 3.86. The predicted octanol–water partition coefficient (Wildman–Crippen LogP) is 2.41. The Labute approximate surface area is 170 Å². The summed E-state index contributed by atoms with van der Waals surface area (Å²) in [5, 5.41) is 8.37. The zero-order valence-electron chi connectivity index (χ0n) is 16.8. The molecule has 5 amide bonds. The van der Waals surface area contributed by atoms with Gasteiger partial charge in [0.05, 0.1) is 0 Å². The SMILES string of the molecule is CCCNC(=O)c1ccc(NC(=O)CCN2C(=O)NC3(CCCCC3)C2=O)cc1. The van der Waals surface area contributed by atoms with Crippen molar-refractivity contribution in [1.29, 1.82) is 0 Å². The third-order valence-electron chi connectivity index (χ3n) is 5.48. The smallest absolute Gasteiger partial charge is 0.325 e. The van der Waals surface area contributed by atoms with E-state index in [9.17, 15) is 19.2 Å². The second-order valence-corrected chi connectivity index (χ2v) is 7.66. The van der Waals surface area contributed by atoms with E-state index in [0.29, 0.717) is 30.6 Å². The first kappa shape index (κ1) is 20.8. The molecule has 0 bridgehead atoms. The van der Waals surface area contributed by atoms with Crippen LogP contribution < -0.4 is 16.0 Å². The third-order valence-corrected chi connectivity index (χ3v) is 5.48. The number of benzene rings is 1. The van der Waals surface area contributed by atoms with Crippen molar-refractivity contribution in [2.75, 3.05) is 18.4 Å². The summed E-state index contributed by atoms with van der Waals surface area (Å²) in [5.41, 5.74) is 0.316. The van der Waals surface area contributed by atoms with Crippen molar-refractivity contribution in [3.63, 3.8) is 0 Å². The van der Waals surface area contributed by atoms with Crippen molar-refractivity contribution in [3.8, 4) is 0 Å². The number of carbonyl (C=O) groups excluding carboxylic acids is 4. The van der Waals surface area contributed by atoms with Gasteiger partial charge in [0.25, 0.3) is 11.8 Å². The van der Waals surface area contributed by atoms with Crippen molar-refractivity contribution in [2.45, 2.75) is 57.4 Å². The third kappa shape index (κ3) is 4.75. The molecule has 2 aliphatic rings. The fourth-order valence-electron chi connectivity index (χ4n) is 3.86. The van der Waals surface area contributed by atoms with E-state index in [1.807, 2.05) is 6.92 Å². The van der Waals surface area contributed by atoms with Gasteiger partial charge in [0.2, 0.25) is 5.91 Å². The van der Waals surface area contributed by atoms with Crippen LogP contribution in [0.15, 0.2) is 24.3 Å². The largest absolute Gasteiger partial charge is 0.352 e. The van der Waals surface area contributed by atoms with Crippen molar-refractivity contribution in [2.24, 2.45) is 0 Å². The monoisotopic (exact) mass is 400 g/mol. The van der Waals surface area contributed by atoms with Crippen molar-refractivity contribution in [1.82, 2.24) is 15.5 Å². The number of imide groups is 1. The number of rotatable bonds is 7. The van der Waals surface area contributed by atoms with E-state index in [0.717, 1.165) is 30.6 Å². The normalized spacial score (nSPS) is 17.9. The molecule has 3 N–H and O–H groups in total. The molecule has 1 aromatic rings. The highest BCUT2D eigenvalue weighted by molar-refractivity contribution is 6.07. The number of hydrogen-bond donors (Lipinski definition) is 3. The van der Waals surface area contributed by atoms with Gasteiger partial charge >= 0.3 is 6.03 Å². The highest BCUT2D eigenvalue weighted by atomic mass is 16.2. The van der Waals surface area contributed by atoms with Gasteiger partial charge in [-0.2, -0.15) is 0 Å². The van der Waals surface area contributed by atoms with E-state index in [1.165, 1.54) is 0 Å². The van der Waals surface area contributed by atoms with Crippen LogP contribution in [-0.2, 0) is 9.59 Å². The molecule has 1 aliphatic carbocycles. The second-order valence-electron chi connectivity index (χ2n) is 7.66. The van der Waals surface area contributed by atoms with E-state index >= 15 is 0 Å². The van der Waals surface area contributed by atoms with Gasteiger partial charge in [-0.25, -0.2) is 4.79 Å². The molecule has 0 radical (unpaired) electrons. The summed E-state index contributed by atoms with van der Waals surface area (Å²) in [6, 6.07) is 6.19. The number of nitrogens with zero attached hydrogens (tertiary/aromatic N) is 1. The first-order valence-electron chi connectivity index (χ1n) is 10.3. The highest BCUT2D eigenvalue weighted by Crippen LogP contribution is 2.33. The summed E-state index contributed by atoms with van der Waals surface area (Å²) >= 11 is 0. The van der Waals surface area contributed by atoms with Crippen LogP contribution in [0, 0.1) is 0 Å².